The Morgan fingerprint density at radius 1 is 1.35 bits per heavy atom. The minimum Gasteiger partial charge on any atom is -0.360 e. The van der Waals surface area contributed by atoms with E-state index in [0.717, 1.165) is 5.56 Å². The van der Waals surface area contributed by atoms with Gasteiger partial charge < -0.3 is 9.84 Å². The summed E-state index contributed by atoms with van der Waals surface area (Å²) in [6, 6.07) is 4.40. The summed E-state index contributed by atoms with van der Waals surface area (Å²) in [7, 11) is -3.87. The molecule has 9 heteroatoms. The molecular formula is C17H20ClN3O4S. The van der Waals surface area contributed by atoms with Crippen molar-refractivity contribution in [1.29, 1.82) is 0 Å². The quantitative estimate of drug-likeness (QED) is 0.855. The third kappa shape index (κ3) is 3.36. The fourth-order valence-electron chi connectivity index (χ4n) is 3.15. The molecule has 0 saturated carbocycles. The normalized spacial score (nSPS) is 18.2. The van der Waals surface area contributed by atoms with E-state index in [2.05, 4.69) is 10.5 Å². The van der Waals surface area contributed by atoms with E-state index in [-0.39, 0.29) is 23.1 Å². The summed E-state index contributed by atoms with van der Waals surface area (Å²) in [4.78, 5) is 12.7. The number of nitrogens with one attached hydrogen (secondary N) is 1. The first-order chi connectivity index (χ1) is 12.2. The first-order valence-corrected chi connectivity index (χ1v) is 10.1. The van der Waals surface area contributed by atoms with Crippen molar-refractivity contribution in [2.75, 3.05) is 11.9 Å². The molecule has 1 saturated heterocycles. The predicted octanol–water partition coefficient (Wildman–Crippen LogP) is 3.05. The van der Waals surface area contributed by atoms with Gasteiger partial charge in [-0.05, 0) is 51.3 Å². The number of benzene rings is 1. The number of halogens is 1. The minimum absolute atomic E-state index is 0.0376. The molecule has 0 bridgehead atoms. The van der Waals surface area contributed by atoms with Crippen molar-refractivity contribution in [2.45, 2.75) is 44.6 Å². The van der Waals surface area contributed by atoms with Gasteiger partial charge >= 0.3 is 0 Å². The zero-order valence-electron chi connectivity index (χ0n) is 14.7. The number of hydrogen-bond acceptors (Lipinski definition) is 5. The predicted molar refractivity (Wildman–Crippen MR) is 97.7 cm³/mol. The van der Waals surface area contributed by atoms with Crippen LogP contribution in [0.3, 0.4) is 0 Å². The molecule has 2 heterocycles. The van der Waals surface area contributed by atoms with Gasteiger partial charge in [0.05, 0.1) is 0 Å². The van der Waals surface area contributed by atoms with Crippen LogP contribution < -0.4 is 5.32 Å². The molecule has 0 aliphatic carbocycles. The molecule has 2 aromatic rings. The molecule has 140 valence electrons. The highest BCUT2D eigenvalue weighted by Gasteiger charge is 2.41. The smallest absolute Gasteiger partial charge is 0.249 e. The summed E-state index contributed by atoms with van der Waals surface area (Å²) in [5.74, 6) is -0.156. The molecule has 0 spiro atoms. The Kier molecular flexibility index (Phi) is 5.09. The average Bonchev–Trinajstić information content (AvgIpc) is 3.18. The number of amides is 1. The van der Waals surface area contributed by atoms with E-state index in [1.807, 2.05) is 6.92 Å². The Balaban J connectivity index is 1.85. The van der Waals surface area contributed by atoms with Crippen LogP contribution in [0, 0.1) is 20.8 Å². The molecule has 1 amide bonds. The van der Waals surface area contributed by atoms with Gasteiger partial charge in [-0.2, -0.15) is 4.31 Å². The van der Waals surface area contributed by atoms with E-state index in [0.29, 0.717) is 29.2 Å². The molecule has 1 atom stereocenters. The number of hydrogen-bond donors (Lipinski definition) is 1. The largest absolute Gasteiger partial charge is 0.360 e. The molecule has 1 aliphatic rings. The Morgan fingerprint density at radius 2 is 2.08 bits per heavy atom. The van der Waals surface area contributed by atoms with Crippen LogP contribution in [-0.4, -0.2) is 36.4 Å². The highest BCUT2D eigenvalue weighted by molar-refractivity contribution is 7.89. The van der Waals surface area contributed by atoms with Gasteiger partial charge in [-0.3, -0.25) is 4.79 Å². The van der Waals surface area contributed by atoms with Crippen molar-refractivity contribution in [3.63, 3.8) is 0 Å². The Bertz CT molecular complexity index is 935. The van der Waals surface area contributed by atoms with Crippen molar-refractivity contribution in [2.24, 2.45) is 0 Å². The molecule has 1 unspecified atom stereocenters. The van der Waals surface area contributed by atoms with E-state index in [9.17, 15) is 13.2 Å². The number of sulfonamides is 1. The maximum Gasteiger partial charge on any atom is 0.249 e. The van der Waals surface area contributed by atoms with E-state index in [1.54, 1.807) is 32.0 Å². The van der Waals surface area contributed by atoms with Crippen LogP contribution in [0.25, 0.3) is 0 Å². The van der Waals surface area contributed by atoms with E-state index in [4.69, 9.17) is 16.1 Å². The lowest BCUT2D eigenvalue weighted by Gasteiger charge is -2.23. The van der Waals surface area contributed by atoms with Gasteiger partial charge in [0.2, 0.25) is 15.9 Å². The van der Waals surface area contributed by atoms with Crippen LogP contribution in [0.2, 0.25) is 5.02 Å². The van der Waals surface area contributed by atoms with Crippen LogP contribution in [0.1, 0.15) is 29.9 Å². The number of anilines is 1. The third-order valence-electron chi connectivity index (χ3n) is 4.48. The summed E-state index contributed by atoms with van der Waals surface area (Å²) in [6.45, 7) is 5.26. The number of nitrogens with zero attached hydrogens (tertiary/aromatic N) is 2. The summed E-state index contributed by atoms with van der Waals surface area (Å²) in [6.07, 6.45) is 1.06. The Morgan fingerprint density at radius 3 is 2.69 bits per heavy atom. The monoisotopic (exact) mass is 397 g/mol. The summed E-state index contributed by atoms with van der Waals surface area (Å²) < 4.78 is 32.3. The number of aromatic nitrogens is 1. The van der Waals surface area contributed by atoms with Crippen molar-refractivity contribution in [1.82, 2.24) is 9.46 Å². The molecule has 0 radical (unpaired) electrons. The molecule has 1 fully saturated rings. The SMILES string of the molecule is Cc1ccc(NC(=O)C2CCCN2S(=O)(=O)c2c(C)noc2C)cc1Cl. The van der Waals surface area contributed by atoms with Gasteiger partial charge in [0, 0.05) is 17.3 Å². The topological polar surface area (TPSA) is 92.5 Å². The molecule has 7 nitrogen and oxygen atoms in total. The van der Waals surface area contributed by atoms with Crippen LogP contribution in [0.4, 0.5) is 5.69 Å². The van der Waals surface area contributed by atoms with E-state index in [1.165, 1.54) is 4.31 Å². The molecule has 1 aromatic heterocycles. The van der Waals surface area contributed by atoms with Crippen LogP contribution in [0.15, 0.2) is 27.6 Å². The van der Waals surface area contributed by atoms with Gasteiger partial charge in [-0.1, -0.05) is 22.8 Å². The van der Waals surface area contributed by atoms with Gasteiger partial charge in [0.15, 0.2) is 5.76 Å². The first kappa shape index (κ1) is 18.9. The van der Waals surface area contributed by atoms with Crippen LogP contribution in [-0.2, 0) is 14.8 Å². The number of rotatable bonds is 4. The fourth-order valence-corrected chi connectivity index (χ4v) is 5.28. The third-order valence-corrected chi connectivity index (χ3v) is 7.04. The first-order valence-electron chi connectivity index (χ1n) is 8.23. The molecular weight excluding hydrogens is 378 g/mol. The zero-order valence-corrected chi connectivity index (χ0v) is 16.3. The molecule has 1 aromatic carbocycles. The van der Waals surface area contributed by atoms with Crippen LogP contribution >= 0.6 is 11.6 Å². The maximum absolute atomic E-state index is 13.0. The molecule has 3 rings (SSSR count). The average molecular weight is 398 g/mol. The van der Waals surface area contributed by atoms with Gasteiger partial charge in [-0.25, -0.2) is 8.42 Å². The van der Waals surface area contributed by atoms with Crippen LogP contribution in [0.5, 0.6) is 0 Å². The number of aryl methyl sites for hydroxylation is 3. The second kappa shape index (κ2) is 7.02. The second-order valence-corrected chi connectivity index (χ2v) is 8.61. The fraction of sp³-hybridized carbons (Fsp3) is 0.412. The standard InChI is InChI=1S/C17H20ClN3O4S/c1-10-6-7-13(9-14(10)18)19-17(22)15-5-4-8-21(15)26(23,24)16-11(2)20-25-12(16)3/h6-7,9,15H,4-5,8H2,1-3H3,(H,19,22). The number of carbonyl (C=O) groups excluding carboxylic acids is 1. The van der Waals surface area contributed by atoms with Gasteiger partial charge in [0.25, 0.3) is 0 Å². The molecule has 26 heavy (non-hydrogen) atoms. The Hall–Kier alpha value is -1.90. The lowest BCUT2D eigenvalue weighted by atomic mass is 10.2. The minimum atomic E-state index is -3.87. The summed E-state index contributed by atoms with van der Waals surface area (Å²) in [5, 5.41) is 7.01. The van der Waals surface area contributed by atoms with Gasteiger partial charge in [0.1, 0.15) is 16.6 Å². The second-order valence-electron chi connectivity index (χ2n) is 6.38. The zero-order chi connectivity index (χ0) is 19.1. The van der Waals surface area contributed by atoms with Crippen molar-refractivity contribution >= 4 is 33.2 Å². The van der Waals surface area contributed by atoms with Crippen molar-refractivity contribution in [3.8, 4) is 0 Å². The van der Waals surface area contributed by atoms with Crippen molar-refractivity contribution < 1.29 is 17.7 Å². The lowest BCUT2D eigenvalue weighted by Crippen LogP contribution is -2.43. The molecule has 1 N–H and O–H groups in total. The maximum atomic E-state index is 13.0. The molecule has 1 aliphatic heterocycles. The lowest BCUT2D eigenvalue weighted by molar-refractivity contribution is -0.119. The summed E-state index contributed by atoms with van der Waals surface area (Å²) in [5.41, 5.74) is 1.72. The van der Waals surface area contributed by atoms with E-state index >= 15 is 0 Å². The number of carbonyl (C=O) groups is 1. The summed E-state index contributed by atoms with van der Waals surface area (Å²) >= 11 is 6.09. The van der Waals surface area contributed by atoms with Gasteiger partial charge in [-0.15, -0.1) is 0 Å². The highest BCUT2D eigenvalue weighted by atomic mass is 35.5. The van der Waals surface area contributed by atoms with Crippen molar-refractivity contribution in [3.05, 3.63) is 40.2 Å². The Labute approximate surface area is 157 Å². The van der Waals surface area contributed by atoms with E-state index < -0.39 is 16.1 Å². The highest BCUT2D eigenvalue weighted by Crippen LogP contribution is 2.30.